The van der Waals surface area contributed by atoms with Crippen LogP contribution in [0.25, 0.3) is 0 Å². The number of hydrogen-bond donors (Lipinski definition) is 2. The second-order valence-corrected chi connectivity index (χ2v) is 8.00. The summed E-state index contributed by atoms with van der Waals surface area (Å²) in [5, 5.41) is 3.52. The lowest BCUT2D eigenvalue weighted by Gasteiger charge is -2.35. The van der Waals surface area contributed by atoms with Crippen LogP contribution in [0.3, 0.4) is 0 Å². The highest BCUT2D eigenvalue weighted by atomic mass is 32.2. The Hall–Kier alpha value is -0.170. The molecule has 3 aliphatic rings. The zero-order valence-electron chi connectivity index (χ0n) is 11.5. The molecule has 3 fully saturated rings. The number of hydrogen-bond acceptors (Lipinski definition) is 3. The van der Waals surface area contributed by atoms with Gasteiger partial charge in [0.05, 0.1) is 0 Å². The predicted molar refractivity (Wildman–Crippen MR) is 75.0 cm³/mol. The van der Waals surface area contributed by atoms with Crippen LogP contribution < -0.4 is 10.0 Å². The molecule has 0 aromatic heterocycles. The lowest BCUT2D eigenvalue weighted by Crippen LogP contribution is -2.51. The van der Waals surface area contributed by atoms with E-state index in [1.165, 1.54) is 12.8 Å². The van der Waals surface area contributed by atoms with E-state index in [4.69, 9.17) is 0 Å². The van der Waals surface area contributed by atoms with Crippen molar-refractivity contribution in [1.29, 1.82) is 0 Å². The summed E-state index contributed by atoms with van der Waals surface area (Å²) in [5.74, 6) is 0.479. The molecule has 0 bridgehead atoms. The molecule has 0 radical (unpaired) electrons. The first-order valence-electron chi connectivity index (χ1n) is 7.64. The summed E-state index contributed by atoms with van der Waals surface area (Å²) >= 11 is 0. The van der Waals surface area contributed by atoms with E-state index in [0.717, 1.165) is 38.6 Å². The van der Waals surface area contributed by atoms with Gasteiger partial charge in [0.1, 0.15) is 0 Å². The molecule has 2 N–H and O–H groups in total. The summed E-state index contributed by atoms with van der Waals surface area (Å²) in [7, 11) is -3.24. The number of nitrogens with one attached hydrogen (secondary N) is 2. The minimum absolute atomic E-state index is 0.190. The van der Waals surface area contributed by atoms with Crippen LogP contribution >= 0.6 is 0 Å². The van der Waals surface area contributed by atoms with Crippen LogP contribution in [0.4, 0.5) is 0 Å². The topological polar surface area (TPSA) is 61.4 Å². The maximum absolute atomic E-state index is 12.3. The highest BCUT2D eigenvalue weighted by Gasteiger charge is 2.32. The zero-order valence-corrected chi connectivity index (χ0v) is 12.3. The van der Waals surface area contributed by atoms with Gasteiger partial charge in [-0.3, -0.25) is 0 Å². The van der Waals surface area contributed by atoms with E-state index in [0.29, 0.717) is 25.0 Å². The van der Waals surface area contributed by atoms with Gasteiger partial charge in [0, 0.05) is 25.2 Å². The van der Waals surface area contributed by atoms with Gasteiger partial charge in [-0.2, -0.15) is 17.4 Å². The Morgan fingerprint density at radius 2 is 1.79 bits per heavy atom. The van der Waals surface area contributed by atoms with Crippen molar-refractivity contribution in [2.75, 3.05) is 19.6 Å². The Kier molecular flexibility index (Phi) is 4.12. The van der Waals surface area contributed by atoms with Crippen molar-refractivity contribution < 1.29 is 8.42 Å². The Labute approximate surface area is 116 Å². The quantitative estimate of drug-likeness (QED) is 0.761. The molecule has 1 unspecified atom stereocenters. The molecule has 1 atom stereocenters. The standard InChI is InChI=1S/C13H25N3O2S/c17-19(18,15-13-4-1-5-13)16-8-2-3-11(10-16)9-14-12-6-7-12/h11-15H,1-10H2. The molecule has 1 aliphatic heterocycles. The monoisotopic (exact) mass is 287 g/mol. The molecule has 6 heteroatoms. The minimum Gasteiger partial charge on any atom is -0.314 e. The lowest BCUT2D eigenvalue weighted by atomic mass is 9.94. The van der Waals surface area contributed by atoms with Gasteiger partial charge in [-0.1, -0.05) is 6.42 Å². The maximum atomic E-state index is 12.3. The van der Waals surface area contributed by atoms with Crippen molar-refractivity contribution in [2.24, 2.45) is 5.92 Å². The first-order valence-corrected chi connectivity index (χ1v) is 9.08. The van der Waals surface area contributed by atoms with Gasteiger partial charge in [-0.25, -0.2) is 0 Å². The van der Waals surface area contributed by atoms with E-state index in [-0.39, 0.29) is 6.04 Å². The van der Waals surface area contributed by atoms with Crippen LogP contribution in [0.2, 0.25) is 0 Å². The van der Waals surface area contributed by atoms with E-state index in [9.17, 15) is 8.42 Å². The second kappa shape index (κ2) is 5.68. The highest BCUT2D eigenvalue weighted by Crippen LogP contribution is 2.24. The van der Waals surface area contributed by atoms with Gasteiger partial charge < -0.3 is 5.32 Å². The molecule has 0 spiro atoms. The van der Waals surface area contributed by atoms with Crippen LogP contribution in [0.5, 0.6) is 0 Å². The Morgan fingerprint density at radius 1 is 1.00 bits per heavy atom. The second-order valence-electron chi connectivity index (χ2n) is 6.30. The SMILES string of the molecule is O=S(=O)(NC1CCC1)N1CCCC(CNC2CC2)C1. The maximum Gasteiger partial charge on any atom is 0.279 e. The van der Waals surface area contributed by atoms with Gasteiger partial charge in [0.15, 0.2) is 0 Å². The summed E-state index contributed by atoms with van der Waals surface area (Å²) in [6.45, 7) is 2.34. The fraction of sp³-hybridized carbons (Fsp3) is 1.00. The number of rotatable bonds is 6. The fourth-order valence-corrected chi connectivity index (χ4v) is 4.43. The van der Waals surface area contributed by atoms with Crippen LogP contribution in [-0.4, -0.2) is 44.4 Å². The average Bonchev–Trinajstić information content (AvgIpc) is 3.16. The van der Waals surface area contributed by atoms with Gasteiger partial charge in [-0.05, 0) is 51.0 Å². The average molecular weight is 287 g/mol. The number of nitrogens with zero attached hydrogens (tertiary/aromatic N) is 1. The smallest absolute Gasteiger partial charge is 0.279 e. The fourth-order valence-electron chi connectivity index (χ4n) is 2.84. The first-order chi connectivity index (χ1) is 9.13. The molecule has 1 heterocycles. The summed E-state index contributed by atoms with van der Waals surface area (Å²) in [4.78, 5) is 0. The van der Waals surface area contributed by atoms with Gasteiger partial charge >= 0.3 is 0 Å². The van der Waals surface area contributed by atoms with E-state index >= 15 is 0 Å². The van der Waals surface area contributed by atoms with Crippen molar-refractivity contribution in [1.82, 2.24) is 14.3 Å². The summed E-state index contributed by atoms with van der Waals surface area (Å²) in [5.41, 5.74) is 0. The van der Waals surface area contributed by atoms with E-state index < -0.39 is 10.2 Å². The molecule has 110 valence electrons. The molecule has 0 aromatic rings. The predicted octanol–water partition coefficient (Wildman–Crippen LogP) is 0.837. The van der Waals surface area contributed by atoms with Crippen molar-refractivity contribution in [3.8, 4) is 0 Å². The molecule has 5 nitrogen and oxygen atoms in total. The molecule has 3 rings (SSSR count). The highest BCUT2D eigenvalue weighted by molar-refractivity contribution is 7.87. The van der Waals surface area contributed by atoms with E-state index in [2.05, 4.69) is 10.0 Å². The largest absolute Gasteiger partial charge is 0.314 e. The molecule has 2 aliphatic carbocycles. The molecule has 19 heavy (non-hydrogen) atoms. The van der Waals surface area contributed by atoms with Gasteiger partial charge in [-0.15, -0.1) is 0 Å². The number of piperidine rings is 1. The molecule has 0 amide bonds. The van der Waals surface area contributed by atoms with Crippen LogP contribution in [0, 0.1) is 5.92 Å². The Morgan fingerprint density at radius 3 is 2.42 bits per heavy atom. The summed E-state index contributed by atoms with van der Waals surface area (Å²) in [6, 6.07) is 0.898. The third kappa shape index (κ3) is 3.68. The Balaban J connectivity index is 1.50. The van der Waals surface area contributed by atoms with Crippen LogP contribution in [0.1, 0.15) is 44.9 Å². The summed E-state index contributed by atoms with van der Waals surface area (Å²) < 4.78 is 29.1. The Bertz CT molecular complexity index is 404. The van der Waals surface area contributed by atoms with Crippen molar-refractivity contribution in [3.63, 3.8) is 0 Å². The van der Waals surface area contributed by atoms with E-state index in [1.807, 2.05) is 0 Å². The molecule has 2 saturated carbocycles. The third-order valence-electron chi connectivity index (χ3n) is 4.51. The van der Waals surface area contributed by atoms with Crippen molar-refractivity contribution in [2.45, 2.75) is 57.0 Å². The van der Waals surface area contributed by atoms with Crippen molar-refractivity contribution >= 4 is 10.2 Å². The molecular weight excluding hydrogens is 262 g/mol. The van der Waals surface area contributed by atoms with Gasteiger partial charge in [0.2, 0.25) is 0 Å². The molecule has 1 saturated heterocycles. The normalized spacial score (nSPS) is 30.2. The molecule has 0 aromatic carbocycles. The summed E-state index contributed by atoms with van der Waals surface area (Å²) in [6.07, 6.45) is 7.87. The van der Waals surface area contributed by atoms with Crippen LogP contribution in [0.15, 0.2) is 0 Å². The van der Waals surface area contributed by atoms with E-state index in [1.54, 1.807) is 4.31 Å². The zero-order chi connectivity index (χ0) is 13.3. The van der Waals surface area contributed by atoms with Crippen molar-refractivity contribution in [3.05, 3.63) is 0 Å². The third-order valence-corrected chi connectivity index (χ3v) is 6.16. The first kappa shape index (κ1) is 13.8. The minimum atomic E-state index is -3.24. The molecular formula is C13H25N3O2S. The lowest BCUT2D eigenvalue weighted by molar-refractivity contribution is 0.252. The van der Waals surface area contributed by atoms with Crippen LogP contribution in [-0.2, 0) is 10.2 Å². The van der Waals surface area contributed by atoms with Gasteiger partial charge in [0.25, 0.3) is 10.2 Å².